The molecule has 5 atom stereocenters. The molecule has 29 heavy (non-hydrogen) atoms. The normalized spacial score (nSPS) is 37.1. The molecule has 0 bridgehead atoms. The SMILES string of the molecule is CC1(C)O[C@H]2O[C@H]([C@H]3COC4(CCCC4)O3)[C@H](NC(=O)c3cccc(Cl)c3)[C@H]2O1. The molecule has 1 N–H and O–H groups in total. The molecule has 1 saturated carbocycles. The van der Waals surface area contributed by atoms with Crippen molar-refractivity contribution in [3.8, 4) is 0 Å². The molecule has 1 spiro atoms. The van der Waals surface area contributed by atoms with E-state index < -0.39 is 36.1 Å². The Hall–Kier alpha value is -1.22. The smallest absolute Gasteiger partial charge is 0.251 e. The quantitative estimate of drug-likeness (QED) is 0.805. The van der Waals surface area contributed by atoms with Gasteiger partial charge in [-0.25, -0.2) is 0 Å². The number of benzene rings is 1. The van der Waals surface area contributed by atoms with Crippen molar-refractivity contribution in [3.63, 3.8) is 0 Å². The zero-order valence-electron chi connectivity index (χ0n) is 16.6. The van der Waals surface area contributed by atoms with Gasteiger partial charge in [-0.15, -0.1) is 0 Å². The monoisotopic (exact) mass is 423 g/mol. The number of carbonyl (C=O) groups excluding carboxylic acids is 1. The molecule has 3 aliphatic heterocycles. The maximum atomic E-state index is 12.9. The first-order chi connectivity index (χ1) is 13.8. The number of ether oxygens (including phenoxy) is 5. The second-order valence-electron chi connectivity index (χ2n) is 8.66. The summed E-state index contributed by atoms with van der Waals surface area (Å²) in [6.07, 6.45) is 2.26. The van der Waals surface area contributed by atoms with Crippen LogP contribution >= 0.6 is 11.6 Å². The fraction of sp³-hybridized carbons (Fsp3) is 0.667. The van der Waals surface area contributed by atoms with Crippen LogP contribution in [0.4, 0.5) is 0 Å². The summed E-state index contributed by atoms with van der Waals surface area (Å²) in [5, 5.41) is 3.58. The van der Waals surface area contributed by atoms with E-state index in [1.54, 1.807) is 24.3 Å². The van der Waals surface area contributed by atoms with Crippen LogP contribution < -0.4 is 5.32 Å². The van der Waals surface area contributed by atoms with Crippen LogP contribution in [0.2, 0.25) is 5.02 Å². The van der Waals surface area contributed by atoms with Crippen molar-refractivity contribution in [2.45, 2.75) is 81.7 Å². The van der Waals surface area contributed by atoms with Gasteiger partial charge >= 0.3 is 0 Å². The van der Waals surface area contributed by atoms with E-state index in [0.717, 1.165) is 25.7 Å². The minimum Gasteiger partial charge on any atom is -0.347 e. The maximum absolute atomic E-state index is 12.9. The van der Waals surface area contributed by atoms with Crippen molar-refractivity contribution in [2.75, 3.05) is 6.61 Å². The van der Waals surface area contributed by atoms with Gasteiger partial charge < -0.3 is 29.0 Å². The van der Waals surface area contributed by atoms with Gasteiger partial charge in [0.05, 0.1) is 12.6 Å². The lowest BCUT2D eigenvalue weighted by molar-refractivity contribution is -0.226. The van der Waals surface area contributed by atoms with E-state index >= 15 is 0 Å². The van der Waals surface area contributed by atoms with Crippen LogP contribution in [0.3, 0.4) is 0 Å². The predicted octanol–water partition coefficient (Wildman–Crippen LogP) is 3.00. The van der Waals surface area contributed by atoms with E-state index in [-0.39, 0.29) is 12.0 Å². The Morgan fingerprint density at radius 3 is 2.69 bits per heavy atom. The van der Waals surface area contributed by atoms with Crippen LogP contribution in [0.15, 0.2) is 24.3 Å². The highest BCUT2D eigenvalue weighted by atomic mass is 35.5. The summed E-state index contributed by atoms with van der Waals surface area (Å²) in [5.74, 6) is -1.53. The Labute approximate surface area is 174 Å². The first kappa shape index (κ1) is 19.7. The Morgan fingerprint density at radius 1 is 1.14 bits per heavy atom. The van der Waals surface area contributed by atoms with Crippen LogP contribution in [0.5, 0.6) is 0 Å². The molecule has 5 rings (SSSR count). The average Bonchev–Trinajstić information content (AvgIpc) is 3.42. The summed E-state index contributed by atoms with van der Waals surface area (Å²) >= 11 is 6.05. The summed E-state index contributed by atoms with van der Waals surface area (Å²) in [5.41, 5.74) is 0.480. The number of halogens is 1. The second-order valence-corrected chi connectivity index (χ2v) is 9.10. The summed E-state index contributed by atoms with van der Waals surface area (Å²) in [6, 6.07) is 6.41. The maximum Gasteiger partial charge on any atom is 0.251 e. The highest BCUT2D eigenvalue weighted by Gasteiger charge is 2.59. The molecule has 0 unspecified atom stereocenters. The number of nitrogens with one attached hydrogen (secondary N) is 1. The predicted molar refractivity (Wildman–Crippen MR) is 103 cm³/mol. The third kappa shape index (κ3) is 3.69. The van der Waals surface area contributed by atoms with Crippen molar-refractivity contribution >= 4 is 17.5 Å². The molecule has 8 heteroatoms. The fourth-order valence-electron chi connectivity index (χ4n) is 4.80. The van der Waals surface area contributed by atoms with Crippen LogP contribution in [-0.2, 0) is 23.7 Å². The van der Waals surface area contributed by atoms with Crippen LogP contribution in [-0.4, -0.2) is 54.7 Å². The second kappa shape index (κ2) is 7.18. The number of carbonyl (C=O) groups is 1. The summed E-state index contributed by atoms with van der Waals surface area (Å²) < 4.78 is 30.5. The van der Waals surface area contributed by atoms with Gasteiger partial charge in [-0.1, -0.05) is 17.7 Å². The molecular formula is C21H26ClNO6. The highest BCUT2D eigenvalue weighted by molar-refractivity contribution is 6.30. The van der Waals surface area contributed by atoms with E-state index in [1.165, 1.54) is 0 Å². The molecule has 4 fully saturated rings. The number of hydrogen-bond donors (Lipinski definition) is 1. The third-order valence-electron chi connectivity index (χ3n) is 6.08. The Morgan fingerprint density at radius 2 is 1.93 bits per heavy atom. The summed E-state index contributed by atoms with van der Waals surface area (Å²) in [7, 11) is 0. The minimum absolute atomic E-state index is 0.241. The van der Waals surface area contributed by atoms with E-state index in [4.69, 9.17) is 35.3 Å². The first-order valence-corrected chi connectivity index (χ1v) is 10.6. The third-order valence-corrected chi connectivity index (χ3v) is 6.32. The first-order valence-electron chi connectivity index (χ1n) is 10.2. The molecular weight excluding hydrogens is 398 g/mol. The number of fused-ring (bicyclic) bond motifs is 1. The van der Waals surface area contributed by atoms with Gasteiger partial charge in [0.1, 0.15) is 18.3 Å². The van der Waals surface area contributed by atoms with E-state index in [0.29, 0.717) is 17.2 Å². The van der Waals surface area contributed by atoms with Gasteiger partial charge in [0.2, 0.25) is 0 Å². The summed E-state index contributed by atoms with van der Waals surface area (Å²) in [6.45, 7) is 4.10. The number of hydrogen-bond acceptors (Lipinski definition) is 6. The summed E-state index contributed by atoms with van der Waals surface area (Å²) in [4.78, 5) is 12.9. The average molecular weight is 424 g/mol. The Kier molecular flexibility index (Phi) is 4.89. The van der Waals surface area contributed by atoms with Crippen LogP contribution in [0, 0.1) is 0 Å². The zero-order valence-corrected chi connectivity index (χ0v) is 17.3. The number of rotatable bonds is 3. The van der Waals surface area contributed by atoms with Crippen molar-refractivity contribution in [3.05, 3.63) is 34.9 Å². The minimum atomic E-state index is -0.779. The standard InChI is InChI=1S/C21H26ClNO6/c1-20(2)28-17-15(23-18(24)12-6-5-7-13(22)10-12)16(26-19(17)29-20)14-11-25-21(27-14)8-3-4-9-21/h5-7,10,14-17,19H,3-4,8-9,11H2,1-2H3,(H,23,24)/t14-,15+,16-,17-,19-/m1/s1. The number of amides is 1. The largest absolute Gasteiger partial charge is 0.347 e. The lowest BCUT2D eigenvalue weighted by atomic mass is 10.0. The topological polar surface area (TPSA) is 75.3 Å². The molecule has 158 valence electrons. The van der Waals surface area contributed by atoms with E-state index in [1.807, 2.05) is 13.8 Å². The molecule has 7 nitrogen and oxygen atoms in total. The van der Waals surface area contributed by atoms with E-state index in [9.17, 15) is 4.79 Å². The Balaban J connectivity index is 1.37. The lowest BCUT2D eigenvalue weighted by Gasteiger charge is -2.30. The molecule has 3 heterocycles. The van der Waals surface area contributed by atoms with Gasteiger partial charge in [-0.2, -0.15) is 0 Å². The van der Waals surface area contributed by atoms with Gasteiger partial charge in [-0.3, -0.25) is 4.79 Å². The van der Waals surface area contributed by atoms with Crippen molar-refractivity contribution in [2.24, 2.45) is 0 Å². The molecule has 1 aromatic carbocycles. The molecule has 4 aliphatic rings. The molecule has 1 aromatic rings. The van der Waals surface area contributed by atoms with Crippen LogP contribution in [0.25, 0.3) is 0 Å². The molecule has 0 aromatic heterocycles. The molecule has 1 aliphatic carbocycles. The molecule has 3 saturated heterocycles. The Bertz CT molecular complexity index is 795. The molecule has 1 amide bonds. The van der Waals surface area contributed by atoms with Gasteiger partial charge in [0.15, 0.2) is 17.9 Å². The lowest BCUT2D eigenvalue weighted by Crippen LogP contribution is -2.52. The van der Waals surface area contributed by atoms with E-state index in [2.05, 4.69) is 5.32 Å². The zero-order chi connectivity index (χ0) is 20.2. The van der Waals surface area contributed by atoms with Gasteiger partial charge in [0.25, 0.3) is 5.91 Å². The van der Waals surface area contributed by atoms with Gasteiger partial charge in [-0.05, 0) is 44.9 Å². The van der Waals surface area contributed by atoms with Crippen molar-refractivity contribution in [1.29, 1.82) is 0 Å². The highest BCUT2D eigenvalue weighted by Crippen LogP contribution is 2.44. The van der Waals surface area contributed by atoms with Crippen LogP contribution in [0.1, 0.15) is 49.9 Å². The fourth-order valence-corrected chi connectivity index (χ4v) is 4.99. The van der Waals surface area contributed by atoms with Crippen molar-refractivity contribution in [1.82, 2.24) is 5.32 Å². The van der Waals surface area contributed by atoms with Crippen molar-refractivity contribution < 1.29 is 28.5 Å². The molecule has 0 radical (unpaired) electrons. The van der Waals surface area contributed by atoms with Gasteiger partial charge in [0, 0.05) is 23.4 Å².